The molecule has 0 amide bonds. The zero-order valence-corrected chi connectivity index (χ0v) is 13.4. The third-order valence-electron chi connectivity index (χ3n) is 3.45. The van der Waals surface area contributed by atoms with E-state index in [9.17, 15) is 0 Å². The highest BCUT2D eigenvalue weighted by Crippen LogP contribution is 2.28. The molecule has 1 aromatic heterocycles. The molecule has 1 N–H and O–H groups in total. The van der Waals surface area contributed by atoms with Gasteiger partial charge >= 0.3 is 0 Å². The molecule has 0 atom stereocenters. The van der Waals surface area contributed by atoms with E-state index in [0.717, 1.165) is 30.2 Å². The van der Waals surface area contributed by atoms with Gasteiger partial charge in [-0.3, -0.25) is 0 Å². The molecular weight excluding hydrogens is 262 g/mol. The molecule has 0 fully saturated rings. The number of aryl methyl sites for hydroxylation is 1. The molecule has 2 aromatic rings. The second-order valence-corrected chi connectivity index (χ2v) is 5.69. The zero-order valence-electron chi connectivity index (χ0n) is 13.4. The first-order valence-corrected chi connectivity index (χ1v) is 7.60. The standard InChI is InChI=1S/C18H25NO2/c1-5-19-10-15-9-16(20-11-15)12-21-18-8-14(4)6-7-17(18)13(2)3/h6-9,11,13,19H,5,10,12H2,1-4H3. The lowest BCUT2D eigenvalue weighted by molar-refractivity contribution is 0.267. The van der Waals surface area contributed by atoms with E-state index >= 15 is 0 Å². The van der Waals surface area contributed by atoms with Gasteiger partial charge in [0, 0.05) is 12.1 Å². The van der Waals surface area contributed by atoms with Gasteiger partial charge in [0.15, 0.2) is 0 Å². The Morgan fingerprint density at radius 3 is 2.76 bits per heavy atom. The quantitative estimate of drug-likeness (QED) is 0.819. The Bertz CT molecular complexity index is 572. The van der Waals surface area contributed by atoms with Crippen LogP contribution in [-0.4, -0.2) is 6.54 Å². The van der Waals surface area contributed by atoms with Crippen molar-refractivity contribution >= 4 is 0 Å². The molecule has 0 radical (unpaired) electrons. The lowest BCUT2D eigenvalue weighted by Crippen LogP contribution is -2.10. The summed E-state index contributed by atoms with van der Waals surface area (Å²) in [7, 11) is 0. The van der Waals surface area contributed by atoms with Gasteiger partial charge in [0.1, 0.15) is 18.1 Å². The number of benzene rings is 1. The van der Waals surface area contributed by atoms with Crippen molar-refractivity contribution in [3.8, 4) is 5.75 Å². The van der Waals surface area contributed by atoms with Crippen molar-refractivity contribution < 1.29 is 9.15 Å². The second kappa shape index (κ2) is 7.32. The highest BCUT2D eigenvalue weighted by atomic mass is 16.5. The lowest BCUT2D eigenvalue weighted by Gasteiger charge is -2.14. The van der Waals surface area contributed by atoms with Crippen molar-refractivity contribution in [2.24, 2.45) is 0 Å². The monoisotopic (exact) mass is 287 g/mol. The number of rotatable bonds is 7. The predicted molar refractivity (Wildman–Crippen MR) is 85.7 cm³/mol. The van der Waals surface area contributed by atoms with E-state index in [4.69, 9.17) is 9.15 Å². The van der Waals surface area contributed by atoms with Crippen LogP contribution in [0.2, 0.25) is 0 Å². The SMILES string of the molecule is CCNCc1coc(COc2cc(C)ccc2C(C)C)c1. The van der Waals surface area contributed by atoms with Crippen LogP contribution in [0.25, 0.3) is 0 Å². The fraction of sp³-hybridized carbons (Fsp3) is 0.444. The Balaban J connectivity index is 2.02. The highest BCUT2D eigenvalue weighted by molar-refractivity contribution is 5.39. The Morgan fingerprint density at radius 2 is 2.05 bits per heavy atom. The maximum absolute atomic E-state index is 5.97. The van der Waals surface area contributed by atoms with Crippen LogP contribution in [0.1, 0.15) is 49.1 Å². The van der Waals surface area contributed by atoms with Crippen molar-refractivity contribution in [2.75, 3.05) is 6.54 Å². The van der Waals surface area contributed by atoms with Crippen molar-refractivity contribution in [2.45, 2.75) is 46.8 Å². The van der Waals surface area contributed by atoms with Crippen LogP contribution in [0, 0.1) is 6.92 Å². The van der Waals surface area contributed by atoms with Crippen LogP contribution in [0.15, 0.2) is 34.9 Å². The van der Waals surface area contributed by atoms with E-state index in [1.54, 1.807) is 6.26 Å². The first kappa shape index (κ1) is 15.6. The van der Waals surface area contributed by atoms with Crippen molar-refractivity contribution in [3.05, 3.63) is 53.0 Å². The molecule has 0 aliphatic carbocycles. The molecule has 0 saturated carbocycles. The predicted octanol–water partition coefficient (Wildman–Crippen LogP) is 4.40. The van der Waals surface area contributed by atoms with Crippen molar-refractivity contribution in [1.82, 2.24) is 5.32 Å². The second-order valence-electron chi connectivity index (χ2n) is 5.69. The van der Waals surface area contributed by atoms with Gasteiger partial charge in [-0.25, -0.2) is 0 Å². The smallest absolute Gasteiger partial charge is 0.146 e. The number of hydrogen-bond donors (Lipinski definition) is 1. The average molecular weight is 287 g/mol. The molecule has 21 heavy (non-hydrogen) atoms. The number of ether oxygens (including phenoxy) is 1. The molecule has 0 aliphatic heterocycles. The fourth-order valence-corrected chi connectivity index (χ4v) is 2.26. The van der Waals surface area contributed by atoms with Crippen LogP contribution in [0.4, 0.5) is 0 Å². The lowest BCUT2D eigenvalue weighted by atomic mass is 10.0. The molecule has 0 unspecified atom stereocenters. The van der Waals surface area contributed by atoms with Crippen LogP contribution >= 0.6 is 0 Å². The third-order valence-corrected chi connectivity index (χ3v) is 3.45. The van der Waals surface area contributed by atoms with E-state index in [2.05, 4.69) is 51.2 Å². The minimum absolute atomic E-state index is 0.446. The molecular formula is C18H25NO2. The van der Waals surface area contributed by atoms with E-state index < -0.39 is 0 Å². The molecule has 0 spiro atoms. The molecule has 114 valence electrons. The van der Waals surface area contributed by atoms with Crippen LogP contribution in [0.5, 0.6) is 5.75 Å². The van der Waals surface area contributed by atoms with E-state index in [1.807, 2.05) is 6.07 Å². The van der Waals surface area contributed by atoms with E-state index in [-0.39, 0.29) is 0 Å². The van der Waals surface area contributed by atoms with Gasteiger partial charge in [0.05, 0.1) is 6.26 Å². The number of hydrogen-bond acceptors (Lipinski definition) is 3. The minimum Gasteiger partial charge on any atom is -0.485 e. The Labute approximate surface area is 127 Å². The molecule has 3 nitrogen and oxygen atoms in total. The summed E-state index contributed by atoms with van der Waals surface area (Å²) in [5.41, 5.74) is 3.60. The molecule has 0 bridgehead atoms. The van der Waals surface area contributed by atoms with E-state index in [1.165, 1.54) is 11.1 Å². The normalized spacial score (nSPS) is 11.1. The van der Waals surface area contributed by atoms with Crippen LogP contribution in [-0.2, 0) is 13.2 Å². The Morgan fingerprint density at radius 1 is 1.24 bits per heavy atom. The largest absolute Gasteiger partial charge is 0.485 e. The van der Waals surface area contributed by atoms with Crippen molar-refractivity contribution in [1.29, 1.82) is 0 Å². The summed E-state index contributed by atoms with van der Waals surface area (Å²) in [6.07, 6.45) is 1.79. The van der Waals surface area contributed by atoms with Crippen LogP contribution in [0.3, 0.4) is 0 Å². The summed E-state index contributed by atoms with van der Waals surface area (Å²) < 4.78 is 11.5. The molecule has 0 aliphatic rings. The van der Waals surface area contributed by atoms with Gasteiger partial charge in [-0.15, -0.1) is 0 Å². The first-order valence-electron chi connectivity index (χ1n) is 7.60. The summed E-state index contributed by atoms with van der Waals surface area (Å²) in [6.45, 7) is 10.8. The summed E-state index contributed by atoms with van der Waals surface area (Å²) in [6, 6.07) is 8.42. The van der Waals surface area contributed by atoms with Gasteiger partial charge in [0.2, 0.25) is 0 Å². The number of nitrogens with one attached hydrogen (secondary N) is 1. The summed E-state index contributed by atoms with van der Waals surface area (Å²) in [4.78, 5) is 0. The topological polar surface area (TPSA) is 34.4 Å². The number of furan rings is 1. The third kappa shape index (κ3) is 4.36. The summed E-state index contributed by atoms with van der Waals surface area (Å²) >= 11 is 0. The molecule has 3 heteroatoms. The van der Waals surface area contributed by atoms with Gasteiger partial charge in [-0.2, -0.15) is 0 Å². The first-order chi connectivity index (χ1) is 10.1. The van der Waals surface area contributed by atoms with Crippen LogP contribution < -0.4 is 10.1 Å². The molecule has 1 aromatic carbocycles. The highest BCUT2D eigenvalue weighted by Gasteiger charge is 2.09. The van der Waals surface area contributed by atoms with Crippen molar-refractivity contribution in [3.63, 3.8) is 0 Å². The average Bonchev–Trinajstić information content (AvgIpc) is 2.90. The van der Waals surface area contributed by atoms with Gasteiger partial charge < -0.3 is 14.5 Å². The van der Waals surface area contributed by atoms with Gasteiger partial charge in [0.25, 0.3) is 0 Å². The minimum atomic E-state index is 0.446. The maximum atomic E-state index is 5.97. The maximum Gasteiger partial charge on any atom is 0.146 e. The van der Waals surface area contributed by atoms with Gasteiger partial charge in [-0.05, 0) is 42.6 Å². The molecule has 1 heterocycles. The summed E-state index contributed by atoms with van der Waals surface area (Å²) in [5, 5.41) is 3.28. The molecule has 2 rings (SSSR count). The molecule has 0 saturated heterocycles. The zero-order chi connectivity index (χ0) is 15.2. The fourth-order valence-electron chi connectivity index (χ4n) is 2.26. The van der Waals surface area contributed by atoms with E-state index in [0.29, 0.717) is 12.5 Å². The van der Waals surface area contributed by atoms with Gasteiger partial charge in [-0.1, -0.05) is 32.9 Å². The Kier molecular flexibility index (Phi) is 5.45. The summed E-state index contributed by atoms with van der Waals surface area (Å²) in [5.74, 6) is 2.26. The Hall–Kier alpha value is -1.74.